The summed E-state index contributed by atoms with van der Waals surface area (Å²) in [6, 6.07) is 5.25. The van der Waals surface area contributed by atoms with E-state index in [1.54, 1.807) is 11.3 Å². The van der Waals surface area contributed by atoms with Gasteiger partial charge in [0, 0.05) is 17.1 Å². The number of nitrogens with zero attached hydrogens (tertiary/aromatic N) is 2. The van der Waals surface area contributed by atoms with Crippen LogP contribution in [0.3, 0.4) is 0 Å². The van der Waals surface area contributed by atoms with Crippen molar-refractivity contribution in [3.05, 3.63) is 49.8 Å². The average molecular weight is 312 g/mol. The molecule has 1 atom stereocenters. The Bertz CT molecular complexity index is 602. The predicted molar refractivity (Wildman–Crippen MR) is 81.4 cm³/mol. The highest BCUT2D eigenvalue weighted by Gasteiger charge is 2.23. The molecule has 0 aliphatic rings. The van der Waals surface area contributed by atoms with Crippen LogP contribution in [-0.2, 0) is 0 Å². The first-order chi connectivity index (χ1) is 9.49. The maximum Gasteiger partial charge on any atom is 0.312 e. The van der Waals surface area contributed by atoms with Crippen molar-refractivity contribution in [3.63, 3.8) is 0 Å². The Morgan fingerprint density at radius 1 is 1.50 bits per heavy atom. The minimum absolute atomic E-state index is 0.0256. The molecule has 7 heteroatoms. The van der Waals surface area contributed by atoms with Crippen LogP contribution in [0.2, 0.25) is 5.02 Å². The lowest BCUT2D eigenvalue weighted by Gasteiger charge is -2.21. The molecule has 1 unspecified atom stereocenters. The van der Waals surface area contributed by atoms with Crippen molar-refractivity contribution in [3.8, 4) is 0 Å². The molecule has 0 saturated heterocycles. The van der Waals surface area contributed by atoms with Crippen LogP contribution in [0.1, 0.15) is 24.8 Å². The molecule has 106 valence electrons. The van der Waals surface area contributed by atoms with Gasteiger partial charge in [-0.1, -0.05) is 31.5 Å². The first kappa shape index (κ1) is 14.7. The fourth-order valence-electron chi connectivity index (χ4n) is 1.86. The van der Waals surface area contributed by atoms with Crippen molar-refractivity contribution < 1.29 is 4.92 Å². The molecular weight excluding hydrogens is 298 g/mol. The molecule has 1 N–H and O–H groups in total. The van der Waals surface area contributed by atoms with Gasteiger partial charge in [0.05, 0.1) is 16.0 Å². The summed E-state index contributed by atoms with van der Waals surface area (Å²) in [5.74, 6) is 0.511. The van der Waals surface area contributed by atoms with Crippen molar-refractivity contribution in [2.75, 3.05) is 5.32 Å². The van der Waals surface area contributed by atoms with E-state index in [0.717, 1.165) is 4.88 Å². The first-order valence-corrected chi connectivity index (χ1v) is 7.34. The van der Waals surface area contributed by atoms with Crippen LogP contribution in [0.5, 0.6) is 0 Å². The molecule has 5 nitrogen and oxygen atoms in total. The van der Waals surface area contributed by atoms with Gasteiger partial charge in [-0.3, -0.25) is 10.1 Å². The number of rotatable bonds is 5. The third-order valence-corrected chi connectivity index (χ3v) is 4.00. The lowest BCUT2D eigenvalue weighted by molar-refractivity contribution is -0.384. The lowest BCUT2D eigenvalue weighted by atomic mass is 10.0. The van der Waals surface area contributed by atoms with E-state index in [4.69, 9.17) is 11.6 Å². The summed E-state index contributed by atoms with van der Waals surface area (Å²) in [6.45, 7) is 4.11. The molecule has 0 saturated carbocycles. The minimum atomic E-state index is -0.479. The molecule has 0 spiro atoms. The number of pyridine rings is 1. The van der Waals surface area contributed by atoms with E-state index in [-0.39, 0.29) is 28.5 Å². The summed E-state index contributed by atoms with van der Waals surface area (Å²) in [6.07, 6.45) is 1.41. The van der Waals surface area contributed by atoms with Crippen molar-refractivity contribution >= 4 is 34.4 Å². The Kier molecular flexibility index (Phi) is 4.57. The number of halogens is 1. The van der Waals surface area contributed by atoms with E-state index in [9.17, 15) is 10.1 Å². The van der Waals surface area contributed by atoms with Gasteiger partial charge in [-0.15, -0.1) is 11.3 Å². The van der Waals surface area contributed by atoms with Crippen LogP contribution in [0.15, 0.2) is 29.8 Å². The average Bonchev–Trinajstić information content (AvgIpc) is 2.90. The van der Waals surface area contributed by atoms with E-state index in [1.807, 2.05) is 17.5 Å². The molecule has 0 aliphatic carbocycles. The van der Waals surface area contributed by atoms with Gasteiger partial charge in [0.15, 0.2) is 0 Å². The summed E-state index contributed by atoms with van der Waals surface area (Å²) in [5.41, 5.74) is -0.111. The fourth-order valence-corrected chi connectivity index (χ4v) is 2.96. The van der Waals surface area contributed by atoms with Crippen LogP contribution in [0.4, 0.5) is 11.5 Å². The monoisotopic (exact) mass is 311 g/mol. The van der Waals surface area contributed by atoms with Crippen molar-refractivity contribution in [1.82, 2.24) is 4.98 Å². The summed E-state index contributed by atoms with van der Waals surface area (Å²) in [7, 11) is 0. The Morgan fingerprint density at radius 3 is 2.80 bits per heavy atom. The number of hydrogen-bond acceptors (Lipinski definition) is 5. The fraction of sp³-hybridized carbons (Fsp3) is 0.308. The van der Waals surface area contributed by atoms with Gasteiger partial charge in [0.1, 0.15) is 0 Å². The molecule has 2 aromatic rings. The Balaban J connectivity index is 2.34. The highest BCUT2D eigenvalue weighted by Crippen LogP contribution is 2.33. The van der Waals surface area contributed by atoms with Crippen molar-refractivity contribution in [2.45, 2.75) is 19.9 Å². The van der Waals surface area contributed by atoms with Crippen LogP contribution in [0.25, 0.3) is 0 Å². The SMILES string of the molecule is CC(C)C(Nc1ncc(Cl)cc1[N+](=O)[O-])c1cccs1. The molecule has 0 fully saturated rings. The van der Waals surface area contributed by atoms with Crippen LogP contribution >= 0.6 is 22.9 Å². The third kappa shape index (κ3) is 3.26. The quantitative estimate of drug-likeness (QED) is 0.651. The van der Waals surface area contributed by atoms with Gasteiger partial charge in [-0.05, 0) is 17.4 Å². The molecule has 2 aromatic heterocycles. The zero-order valence-corrected chi connectivity index (χ0v) is 12.6. The normalized spacial score (nSPS) is 12.4. The second-order valence-electron chi connectivity index (χ2n) is 4.66. The Morgan fingerprint density at radius 2 is 2.25 bits per heavy atom. The Hall–Kier alpha value is -1.66. The number of nitrogens with one attached hydrogen (secondary N) is 1. The summed E-state index contributed by atoms with van der Waals surface area (Å²) >= 11 is 7.38. The maximum absolute atomic E-state index is 11.1. The van der Waals surface area contributed by atoms with E-state index >= 15 is 0 Å². The first-order valence-electron chi connectivity index (χ1n) is 6.09. The van der Waals surface area contributed by atoms with E-state index < -0.39 is 4.92 Å². The van der Waals surface area contributed by atoms with E-state index in [2.05, 4.69) is 24.1 Å². The standard InChI is InChI=1S/C13H14ClN3O2S/c1-8(2)12(11-4-3-5-20-11)16-13-10(17(18)19)6-9(14)7-15-13/h3-8,12H,1-2H3,(H,15,16). The maximum atomic E-state index is 11.1. The Labute approximate surface area is 125 Å². The number of anilines is 1. The minimum Gasteiger partial charge on any atom is -0.356 e. The zero-order chi connectivity index (χ0) is 14.7. The van der Waals surface area contributed by atoms with E-state index in [0.29, 0.717) is 0 Å². The largest absolute Gasteiger partial charge is 0.356 e. The number of aromatic nitrogens is 1. The molecule has 20 heavy (non-hydrogen) atoms. The summed E-state index contributed by atoms with van der Waals surface area (Å²) in [4.78, 5) is 15.8. The molecule has 0 aromatic carbocycles. The zero-order valence-electron chi connectivity index (χ0n) is 11.0. The van der Waals surface area contributed by atoms with Gasteiger partial charge in [0.25, 0.3) is 0 Å². The molecule has 0 aliphatic heterocycles. The number of thiophene rings is 1. The number of nitro groups is 1. The molecular formula is C13H14ClN3O2S. The molecule has 0 amide bonds. The lowest BCUT2D eigenvalue weighted by Crippen LogP contribution is -2.17. The van der Waals surface area contributed by atoms with Gasteiger partial charge >= 0.3 is 5.69 Å². The van der Waals surface area contributed by atoms with E-state index in [1.165, 1.54) is 12.3 Å². The van der Waals surface area contributed by atoms with Gasteiger partial charge in [-0.2, -0.15) is 0 Å². The van der Waals surface area contributed by atoms with Crippen LogP contribution in [0, 0.1) is 16.0 Å². The van der Waals surface area contributed by atoms with Crippen molar-refractivity contribution in [2.24, 2.45) is 5.92 Å². The summed E-state index contributed by atoms with van der Waals surface area (Å²) < 4.78 is 0. The van der Waals surface area contributed by atoms with Gasteiger partial charge in [-0.25, -0.2) is 4.98 Å². The molecule has 0 radical (unpaired) electrons. The highest BCUT2D eigenvalue weighted by atomic mass is 35.5. The topological polar surface area (TPSA) is 68.1 Å². The van der Waals surface area contributed by atoms with Gasteiger partial charge < -0.3 is 5.32 Å². The smallest absolute Gasteiger partial charge is 0.312 e. The molecule has 2 heterocycles. The molecule has 0 bridgehead atoms. The van der Waals surface area contributed by atoms with Crippen LogP contribution < -0.4 is 5.32 Å². The van der Waals surface area contributed by atoms with Gasteiger partial charge in [0.2, 0.25) is 5.82 Å². The predicted octanol–water partition coefficient (Wildman–Crippen LogP) is 4.51. The molecule has 2 rings (SSSR count). The summed E-state index contributed by atoms with van der Waals surface area (Å²) in [5, 5.41) is 16.5. The van der Waals surface area contributed by atoms with Crippen molar-refractivity contribution in [1.29, 1.82) is 0 Å². The highest BCUT2D eigenvalue weighted by molar-refractivity contribution is 7.10. The third-order valence-electron chi connectivity index (χ3n) is 2.84. The number of hydrogen-bond donors (Lipinski definition) is 1. The van der Waals surface area contributed by atoms with Crippen LogP contribution in [-0.4, -0.2) is 9.91 Å². The second kappa shape index (κ2) is 6.19. The second-order valence-corrected chi connectivity index (χ2v) is 6.08.